The van der Waals surface area contributed by atoms with Gasteiger partial charge in [0, 0.05) is 18.7 Å². The predicted octanol–water partition coefficient (Wildman–Crippen LogP) is 0.890. The molecular formula is C11H16ClN3O2. The largest absolute Gasteiger partial charge is 0.394 e. The maximum Gasteiger partial charge on any atom is 0.137 e. The topological polar surface area (TPSA) is 58.5 Å². The van der Waals surface area contributed by atoms with E-state index in [1.54, 1.807) is 0 Å². The van der Waals surface area contributed by atoms with Gasteiger partial charge in [0.15, 0.2) is 0 Å². The van der Waals surface area contributed by atoms with Crippen molar-refractivity contribution in [1.29, 1.82) is 0 Å². The maximum absolute atomic E-state index is 9.13. The summed E-state index contributed by atoms with van der Waals surface area (Å²) in [5.41, 5.74) is 0.952. The molecule has 0 amide bonds. The van der Waals surface area contributed by atoms with Crippen molar-refractivity contribution in [1.82, 2.24) is 9.97 Å². The van der Waals surface area contributed by atoms with Crippen molar-refractivity contribution in [2.24, 2.45) is 0 Å². The zero-order chi connectivity index (χ0) is 12.3. The minimum absolute atomic E-state index is 0.0246. The molecule has 0 spiro atoms. The Bertz CT molecular complexity index is 389. The highest BCUT2D eigenvalue weighted by Gasteiger charge is 2.23. The van der Waals surface area contributed by atoms with Crippen molar-refractivity contribution in [3.05, 3.63) is 17.0 Å². The third-order valence-corrected chi connectivity index (χ3v) is 3.19. The SMILES string of the molecule is CCc1c(Cl)ncnc1N1CCOC(CO)C1. The van der Waals surface area contributed by atoms with E-state index in [4.69, 9.17) is 21.4 Å². The number of aliphatic hydroxyl groups excluding tert-OH is 1. The van der Waals surface area contributed by atoms with Crippen LogP contribution in [0, 0.1) is 0 Å². The van der Waals surface area contributed by atoms with E-state index in [0.717, 1.165) is 24.3 Å². The number of ether oxygens (including phenoxy) is 1. The normalized spacial score (nSPS) is 20.6. The van der Waals surface area contributed by atoms with E-state index < -0.39 is 0 Å². The first-order valence-electron chi connectivity index (χ1n) is 5.73. The van der Waals surface area contributed by atoms with E-state index in [1.165, 1.54) is 6.33 Å². The van der Waals surface area contributed by atoms with E-state index in [9.17, 15) is 0 Å². The highest BCUT2D eigenvalue weighted by molar-refractivity contribution is 6.30. The Kier molecular flexibility index (Phi) is 4.15. The summed E-state index contributed by atoms with van der Waals surface area (Å²) >= 11 is 6.06. The summed E-state index contributed by atoms with van der Waals surface area (Å²) in [7, 11) is 0. The van der Waals surface area contributed by atoms with Crippen LogP contribution in [0.4, 0.5) is 5.82 Å². The van der Waals surface area contributed by atoms with Gasteiger partial charge in [-0.1, -0.05) is 18.5 Å². The fourth-order valence-electron chi connectivity index (χ4n) is 1.98. The predicted molar refractivity (Wildman–Crippen MR) is 65.5 cm³/mol. The molecule has 5 nitrogen and oxygen atoms in total. The Balaban J connectivity index is 2.24. The Hall–Kier alpha value is -0.910. The number of halogens is 1. The summed E-state index contributed by atoms with van der Waals surface area (Å²) in [6, 6.07) is 0. The first-order chi connectivity index (χ1) is 8.26. The van der Waals surface area contributed by atoms with Crippen LogP contribution in [0.1, 0.15) is 12.5 Å². The number of anilines is 1. The van der Waals surface area contributed by atoms with E-state index >= 15 is 0 Å². The molecule has 1 unspecified atom stereocenters. The molecule has 1 aliphatic rings. The fraction of sp³-hybridized carbons (Fsp3) is 0.636. The van der Waals surface area contributed by atoms with Crippen LogP contribution in [-0.2, 0) is 11.2 Å². The molecule has 1 aromatic heterocycles. The molecule has 1 aromatic rings. The minimum Gasteiger partial charge on any atom is -0.394 e. The average Bonchev–Trinajstić information content (AvgIpc) is 2.38. The van der Waals surface area contributed by atoms with Crippen molar-refractivity contribution in [3.63, 3.8) is 0 Å². The number of aromatic nitrogens is 2. The highest BCUT2D eigenvalue weighted by atomic mass is 35.5. The zero-order valence-electron chi connectivity index (χ0n) is 9.77. The van der Waals surface area contributed by atoms with Crippen LogP contribution in [0.5, 0.6) is 0 Å². The molecule has 0 aromatic carbocycles. The average molecular weight is 258 g/mol. The molecule has 0 radical (unpaired) electrons. The fourth-order valence-corrected chi connectivity index (χ4v) is 2.24. The van der Waals surface area contributed by atoms with Gasteiger partial charge in [-0.25, -0.2) is 9.97 Å². The molecule has 1 atom stereocenters. The summed E-state index contributed by atoms with van der Waals surface area (Å²) in [5, 5.41) is 9.63. The van der Waals surface area contributed by atoms with Crippen LogP contribution in [0.15, 0.2) is 6.33 Å². The van der Waals surface area contributed by atoms with Gasteiger partial charge < -0.3 is 14.7 Å². The number of morpholine rings is 1. The third kappa shape index (κ3) is 2.68. The van der Waals surface area contributed by atoms with Crippen molar-refractivity contribution in [2.45, 2.75) is 19.4 Å². The number of rotatable bonds is 3. The molecule has 1 saturated heterocycles. The second-order valence-corrected chi connectivity index (χ2v) is 4.30. The Labute approximate surface area is 105 Å². The quantitative estimate of drug-likeness (QED) is 0.815. The highest BCUT2D eigenvalue weighted by Crippen LogP contribution is 2.25. The molecule has 0 saturated carbocycles. The van der Waals surface area contributed by atoms with Gasteiger partial charge in [0.25, 0.3) is 0 Å². The van der Waals surface area contributed by atoms with Gasteiger partial charge >= 0.3 is 0 Å². The second-order valence-electron chi connectivity index (χ2n) is 3.94. The summed E-state index contributed by atoms with van der Waals surface area (Å²) < 4.78 is 5.41. The number of nitrogens with zero attached hydrogens (tertiary/aromatic N) is 3. The van der Waals surface area contributed by atoms with Gasteiger partial charge in [0.1, 0.15) is 17.3 Å². The summed E-state index contributed by atoms with van der Waals surface area (Å²) in [6.07, 6.45) is 2.11. The standard InChI is InChI=1S/C11H16ClN3O2/c1-2-9-10(12)13-7-14-11(9)15-3-4-17-8(5-15)6-16/h7-8,16H,2-6H2,1H3. The molecule has 2 rings (SSSR count). The van der Waals surface area contributed by atoms with Crippen LogP contribution in [-0.4, -0.2) is 47.5 Å². The van der Waals surface area contributed by atoms with Gasteiger partial charge in [-0.15, -0.1) is 0 Å². The van der Waals surface area contributed by atoms with Crippen LogP contribution < -0.4 is 4.90 Å². The maximum atomic E-state index is 9.13. The van der Waals surface area contributed by atoms with Crippen molar-refractivity contribution < 1.29 is 9.84 Å². The van der Waals surface area contributed by atoms with Crippen molar-refractivity contribution in [3.8, 4) is 0 Å². The summed E-state index contributed by atoms with van der Waals surface area (Å²) in [5.74, 6) is 0.856. The first-order valence-corrected chi connectivity index (χ1v) is 6.10. The minimum atomic E-state index is -0.151. The second kappa shape index (κ2) is 5.62. The smallest absolute Gasteiger partial charge is 0.137 e. The lowest BCUT2D eigenvalue weighted by Crippen LogP contribution is -2.44. The van der Waals surface area contributed by atoms with Crippen molar-refractivity contribution >= 4 is 17.4 Å². The lowest BCUT2D eigenvalue weighted by molar-refractivity contribution is 0.00331. The van der Waals surface area contributed by atoms with Gasteiger partial charge in [0.05, 0.1) is 19.3 Å². The molecule has 2 heterocycles. The van der Waals surface area contributed by atoms with E-state index in [2.05, 4.69) is 14.9 Å². The lowest BCUT2D eigenvalue weighted by Gasteiger charge is -2.33. The molecule has 0 aliphatic carbocycles. The van der Waals surface area contributed by atoms with Gasteiger partial charge in [-0.2, -0.15) is 0 Å². The Morgan fingerprint density at radius 1 is 1.59 bits per heavy atom. The van der Waals surface area contributed by atoms with E-state index in [0.29, 0.717) is 18.3 Å². The molecule has 6 heteroatoms. The molecule has 1 fully saturated rings. The van der Waals surface area contributed by atoms with Gasteiger partial charge in [-0.3, -0.25) is 0 Å². The van der Waals surface area contributed by atoms with Crippen molar-refractivity contribution in [2.75, 3.05) is 31.2 Å². The Morgan fingerprint density at radius 3 is 3.12 bits per heavy atom. The number of hydrogen-bond donors (Lipinski definition) is 1. The van der Waals surface area contributed by atoms with Crippen LogP contribution in [0.25, 0.3) is 0 Å². The molecule has 17 heavy (non-hydrogen) atoms. The van der Waals surface area contributed by atoms with Gasteiger partial charge in [0.2, 0.25) is 0 Å². The van der Waals surface area contributed by atoms with Gasteiger partial charge in [-0.05, 0) is 6.42 Å². The summed E-state index contributed by atoms with van der Waals surface area (Å²) in [4.78, 5) is 10.4. The molecule has 1 aliphatic heterocycles. The lowest BCUT2D eigenvalue weighted by atomic mass is 10.2. The third-order valence-electron chi connectivity index (χ3n) is 2.87. The Morgan fingerprint density at radius 2 is 2.41 bits per heavy atom. The van der Waals surface area contributed by atoms with Crippen LogP contribution in [0.3, 0.4) is 0 Å². The molecule has 1 N–H and O–H groups in total. The van der Waals surface area contributed by atoms with E-state index in [-0.39, 0.29) is 12.7 Å². The van der Waals surface area contributed by atoms with E-state index in [1.807, 2.05) is 6.92 Å². The van der Waals surface area contributed by atoms with Crippen LogP contribution >= 0.6 is 11.6 Å². The number of aliphatic hydroxyl groups is 1. The number of hydrogen-bond acceptors (Lipinski definition) is 5. The monoisotopic (exact) mass is 257 g/mol. The van der Waals surface area contributed by atoms with Crippen LogP contribution in [0.2, 0.25) is 5.15 Å². The molecule has 94 valence electrons. The zero-order valence-corrected chi connectivity index (χ0v) is 10.5. The first kappa shape index (κ1) is 12.5. The molecule has 0 bridgehead atoms. The summed E-state index contributed by atoms with van der Waals surface area (Å²) in [6.45, 7) is 4.04. The molecular weight excluding hydrogens is 242 g/mol.